The van der Waals surface area contributed by atoms with Gasteiger partial charge in [0.15, 0.2) is 0 Å². The molecule has 0 spiro atoms. The summed E-state index contributed by atoms with van der Waals surface area (Å²) in [7, 11) is 4.70. The van der Waals surface area contributed by atoms with E-state index in [1.807, 2.05) is 55.4 Å². The first-order valence-electron chi connectivity index (χ1n) is 28.3. The normalized spacial score (nSPS) is 28.0. The van der Waals surface area contributed by atoms with Crippen LogP contribution in [0.15, 0.2) is 0 Å². The number of hydrogen-bond donors (Lipinski definition) is 1. The van der Waals surface area contributed by atoms with Crippen LogP contribution in [0.3, 0.4) is 0 Å². The van der Waals surface area contributed by atoms with Gasteiger partial charge in [-0.15, -0.1) is 0 Å². The molecule has 22 heteroatoms. The van der Waals surface area contributed by atoms with Crippen LogP contribution in [-0.4, -0.2) is 122 Å². The molecule has 6 aliphatic rings. The summed E-state index contributed by atoms with van der Waals surface area (Å²) in [6.45, 7) is 41.2. The van der Waals surface area contributed by atoms with Crippen LogP contribution in [0.5, 0.6) is 0 Å². The molecule has 83 heavy (non-hydrogen) atoms. The van der Waals surface area contributed by atoms with Crippen molar-refractivity contribution in [3.63, 3.8) is 0 Å². The molecule has 6 aliphatic carbocycles. The topological polar surface area (TPSA) is 281 Å². The maximum Gasteiger partial charge on any atom is 1.00 e. The Kier molecular flexibility index (Phi) is 36.0. The molecule has 6 atom stereocenters. The molecule has 6 saturated carbocycles. The molecule has 0 radical (unpaired) electrons. The number of aliphatic carboxylic acids is 1. The van der Waals surface area contributed by atoms with Gasteiger partial charge in [0.05, 0.1) is 69.0 Å². The predicted molar refractivity (Wildman–Crippen MR) is 317 cm³/mol. The van der Waals surface area contributed by atoms with E-state index in [1.165, 1.54) is 35.5 Å². The third kappa shape index (κ3) is 28.9. The minimum atomic E-state index is -1.11. The average molecular weight is 1230 g/mol. The summed E-state index contributed by atoms with van der Waals surface area (Å²) in [6.07, 6.45) is 10.1. The predicted octanol–water partition coefficient (Wildman–Crippen LogP) is 6.33. The Bertz CT molecular complexity index is 2170. The molecule has 6 fully saturated rings. The van der Waals surface area contributed by atoms with E-state index in [0.29, 0.717) is 63.2 Å². The smallest absolute Gasteiger partial charge is 0.870 e. The number of Topliss-reactive ketones (excluding diaryl/α,β-unsaturated/α-hetero) is 4. The molecule has 2 N–H and O–H groups in total. The zero-order valence-corrected chi connectivity index (χ0v) is 61.8. The molecule has 0 aromatic heterocycles. The number of hydrogen-bond acceptors (Lipinski definition) is 16. The third-order valence-electron chi connectivity index (χ3n) is 16.2. The largest absolute Gasteiger partial charge is 1.00 e. The van der Waals surface area contributed by atoms with Crippen molar-refractivity contribution in [1.82, 2.24) is 0 Å². The third-order valence-corrected chi connectivity index (χ3v) is 21.6. The molecule has 0 aliphatic heterocycles. The number of esters is 5. The van der Waals surface area contributed by atoms with Gasteiger partial charge in [-0.1, -0.05) is 125 Å². The van der Waals surface area contributed by atoms with Gasteiger partial charge in [-0.3, -0.25) is 47.9 Å². The number of ether oxygens (including phenoxy) is 5. The van der Waals surface area contributed by atoms with Crippen molar-refractivity contribution in [2.75, 3.05) is 35.5 Å². The Labute approximate surface area is 556 Å². The van der Waals surface area contributed by atoms with E-state index in [1.54, 1.807) is 13.8 Å². The Morgan fingerprint density at radius 2 is 0.807 bits per heavy atom. The molecule has 0 aromatic rings. The number of methoxy groups -OCH3 is 5. The van der Waals surface area contributed by atoms with Crippen molar-refractivity contribution in [3.8, 4) is 0 Å². The van der Waals surface area contributed by atoms with Crippen molar-refractivity contribution >= 4 is 75.4 Å². The molecule has 0 bridgehead atoms. The van der Waals surface area contributed by atoms with Gasteiger partial charge in [-0.25, -0.2) is 0 Å². The average Bonchev–Trinajstić information content (AvgIpc) is 4.12. The Morgan fingerprint density at radius 1 is 0.470 bits per heavy atom. The number of carbonyl (C=O) groups is 10. The van der Waals surface area contributed by atoms with Crippen molar-refractivity contribution in [2.24, 2.45) is 60.6 Å². The summed E-state index contributed by atoms with van der Waals surface area (Å²) in [5, 5.41) is 8.90. The van der Waals surface area contributed by atoms with Gasteiger partial charge in [-0.2, -0.15) is 0 Å². The van der Waals surface area contributed by atoms with E-state index in [2.05, 4.69) is 85.9 Å². The number of carbonyl (C=O) groups excluding carboxylic acids is 9. The quantitative estimate of drug-likeness (QED) is 0.158. The van der Waals surface area contributed by atoms with E-state index in [0.717, 1.165) is 38.5 Å². The van der Waals surface area contributed by atoms with Gasteiger partial charge in [0, 0.05) is 48.3 Å². The molecular weight excluding hydrogens is 1120 g/mol. The van der Waals surface area contributed by atoms with E-state index in [9.17, 15) is 47.9 Å². The van der Waals surface area contributed by atoms with Crippen molar-refractivity contribution in [3.05, 3.63) is 4.65 Å². The first kappa shape index (κ1) is 87.5. The summed E-state index contributed by atoms with van der Waals surface area (Å²) in [5.41, 5.74) is -2.42. The maximum atomic E-state index is 11.5. The van der Waals surface area contributed by atoms with Crippen molar-refractivity contribution in [2.45, 2.75) is 233 Å². The first-order chi connectivity index (χ1) is 35.8. The van der Waals surface area contributed by atoms with Crippen molar-refractivity contribution in [1.29, 1.82) is 0 Å². The fraction of sp³-hybridized carbons (Fsp3) is 0.836. The van der Waals surface area contributed by atoms with Gasteiger partial charge >= 0.3 is 106 Å². The molecule has 6 rings (SSSR count). The van der Waals surface area contributed by atoms with E-state index in [4.69, 9.17) is 14.5 Å². The van der Waals surface area contributed by atoms with Crippen LogP contribution in [-0.2, 0) is 71.6 Å². The Balaban J connectivity index is -0.000000437. The Hall–Kier alpha value is -1.91. The zero-order chi connectivity index (χ0) is 63.3. The molecule has 18 nitrogen and oxygen atoms in total. The summed E-state index contributed by atoms with van der Waals surface area (Å²) in [6, 6.07) is 0. The number of rotatable bonds is 8. The molecular formula is C61H109KLiNO17Si2. The second-order valence-corrected chi connectivity index (χ2v) is 39.5. The van der Waals surface area contributed by atoms with Gasteiger partial charge in [0.25, 0.3) is 0 Å². The van der Waals surface area contributed by atoms with Crippen LogP contribution in [0.2, 0.25) is 39.3 Å². The summed E-state index contributed by atoms with van der Waals surface area (Å²) < 4.78 is 28.1. The number of carboxylic acid groups (broad SMARTS) is 1. The first-order valence-corrected chi connectivity index (χ1v) is 35.2. The zero-order valence-electron chi connectivity index (χ0n) is 56.7. The SMILES string of the molecule is CC1(C)CC[C@](C)(C(=O)O)C1.COC(=O)[C@@H]1CCC(=O)C1.COC(=O)[C@@]1(C)CC(=O)C(C)(C)C1.COC(=O)[C@@]1(C)CC(=O)C(C)(C)C1.COC(=O)[C@@]1(C)CCC(C)(C)C1.COC(=O)[C@H]1CC(=O)C(C)(C)C1.C[Si](C)(C)[N-][Si](C)(C)C.[K+].[Li+].[OH-]. The summed E-state index contributed by atoms with van der Waals surface area (Å²) >= 11 is 0. The van der Waals surface area contributed by atoms with Crippen LogP contribution in [0.25, 0.3) is 4.65 Å². The summed E-state index contributed by atoms with van der Waals surface area (Å²) in [5.74, 6) is -1.45. The molecule has 470 valence electrons. The van der Waals surface area contributed by atoms with Crippen molar-refractivity contribution < 1.29 is 152 Å². The van der Waals surface area contributed by atoms with Gasteiger partial charge < -0.3 is 38.9 Å². The minimum Gasteiger partial charge on any atom is -0.870 e. The van der Waals surface area contributed by atoms with E-state index >= 15 is 0 Å². The van der Waals surface area contributed by atoms with E-state index < -0.39 is 38.7 Å². The van der Waals surface area contributed by atoms with Gasteiger partial charge in [-0.05, 0) is 103 Å². The number of ketones is 4. The maximum absolute atomic E-state index is 11.5. The van der Waals surface area contributed by atoms with Crippen LogP contribution < -0.4 is 70.2 Å². The Morgan fingerprint density at radius 3 is 1.01 bits per heavy atom. The molecule has 0 unspecified atom stereocenters. The number of nitrogens with zero attached hydrogens (tertiary/aromatic N) is 1. The number of carboxylic acids is 1. The van der Waals surface area contributed by atoms with Crippen LogP contribution in [0.4, 0.5) is 0 Å². The summed E-state index contributed by atoms with van der Waals surface area (Å²) in [4.78, 5) is 112. The fourth-order valence-corrected chi connectivity index (χ4v) is 20.4. The van der Waals surface area contributed by atoms with Gasteiger partial charge in [0.1, 0.15) is 23.1 Å². The standard InChI is InChI=1S/2C10H16O3.C10H18O2.C9H14O3.C9H16O2.C7H10O3.C6H18NSi2.K.Li.H2O/c2*1-9(2)6-10(3,5-7(9)11)8(12)13-4;1-9(2)5-6-10(3,7-9)8(11)12-4;1-9(2)5-6(4-7(9)10)8(11)12-3;1-8(2)4-5-9(3,6-8)7(10)11;1-10-7(9)5-2-3-6(8)4-5;1-8(2,3)7-9(4,5)6;;;/h2*5-6H2,1-4H3;5-7H2,1-4H3;6H,4-5H2,1-3H3;4-6H2,1-3H3,(H,10,11);5H,2-4H2,1H3;1-6H3;;;1H2/q;;;;;;-1;2*+1;/p-1/t3*10-;6-;9-;5-;;;;/m000001..../s1. The van der Waals surface area contributed by atoms with E-state index in [-0.39, 0.29) is 168 Å². The van der Waals surface area contributed by atoms with Gasteiger partial charge in [0.2, 0.25) is 0 Å². The minimum absolute atomic E-state index is 0. The second-order valence-electron chi connectivity index (χ2n) is 29.9. The molecule has 0 aromatic carbocycles. The van der Waals surface area contributed by atoms with Crippen LogP contribution in [0.1, 0.15) is 193 Å². The molecule has 0 amide bonds. The molecule has 0 heterocycles. The fourth-order valence-electron chi connectivity index (χ4n) is 12.4. The monoisotopic (exact) mass is 1230 g/mol. The second kappa shape index (κ2) is 34.2. The van der Waals surface area contributed by atoms with Crippen LogP contribution >= 0.6 is 0 Å². The van der Waals surface area contributed by atoms with Crippen LogP contribution in [0, 0.1) is 60.6 Å². The molecule has 0 saturated heterocycles.